The van der Waals surface area contributed by atoms with E-state index in [1.807, 2.05) is 6.07 Å². The Hall–Kier alpha value is -1.76. The molecule has 0 unspecified atom stereocenters. The Morgan fingerprint density at radius 2 is 1.23 bits per heavy atom. The minimum atomic E-state index is 0. The summed E-state index contributed by atoms with van der Waals surface area (Å²) in [6.45, 7) is 0. The van der Waals surface area contributed by atoms with E-state index in [2.05, 4.69) is 54.6 Å². The highest BCUT2D eigenvalue weighted by atomic mass is 35.5. The van der Waals surface area contributed by atoms with Crippen molar-refractivity contribution in [2.24, 2.45) is 23.7 Å². The minimum Gasteiger partial charge on any atom is -0.0843 e. The monoisotopic (exact) mass is 446 g/mol. The van der Waals surface area contributed by atoms with E-state index >= 15 is 0 Å². The Balaban J connectivity index is 0.00000185. The van der Waals surface area contributed by atoms with Crippen molar-refractivity contribution in [3.8, 4) is 22.3 Å². The van der Waals surface area contributed by atoms with Gasteiger partial charge < -0.3 is 0 Å². The van der Waals surface area contributed by atoms with Gasteiger partial charge in [0.05, 0.1) is 0 Å². The fourth-order valence-corrected chi connectivity index (χ4v) is 8.68. The highest BCUT2D eigenvalue weighted by molar-refractivity contribution is 6.35. The molecule has 0 N–H and O–H groups in total. The van der Waals surface area contributed by atoms with Crippen molar-refractivity contribution in [3.63, 3.8) is 0 Å². The summed E-state index contributed by atoms with van der Waals surface area (Å²) < 4.78 is 0. The van der Waals surface area contributed by atoms with Crippen molar-refractivity contribution >= 4 is 23.2 Å². The molecule has 3 aromatic rings. The molecule has 158 valence electrons. The van der Waals surface area contributed by atoms with Crippen molar-refractivity contribution in [2.75, 3.05) is 0 Å². The van der Waals surface area contributed by atoms with Crippen LogP contribution in [0.15, 0.2) is 60.7 Å². The average Bonchev–Trinajstić information content (AvgIpc) is 3.02. The first-order valence-corrected chi connectivity index (χ1v) is 12.1. The molecule has 4 saturated carbocycles. The van der Waals surface area contributed by atoms with E-state index in [4.69, 9.17) is 23.2 Å². The van der Waals surface area contributed by atoms with E-state index in [0.717, 1.165) is 29.2 Å². The van der Waals surface area contributed by atoms with E-state index < -0.39 is 0 Å². The summed E-state index contributed by atoms with van der Waals surface area (Å²) in [5.74, 6) is 3.50. The lowest BCUT2D eigenvalue weighted by Gasteiger charge is -2.61. The standard InChI is InChI=1S/C28H24Cl2.CH4/c29-21-13-18(14-22(30)15-21)23-5-3-7-26-27(23)24-4-1-2-6-25(24)28(26)19-9-16-8-17(11-19)12-20(28)10-16;/h1-7,13-17,19-20H,8-12H2;1H4. The predicted octanol–water partition coefficient (Wildman–Crippen LogP) is 9.02. The molecule has 4 bridgehead atoms. The fraction of sp³-hybridized carbons (Fsp3) is 0.379. The van der Waals surface area contributed by atoms with Crippen molar-refractivity contribution in [2.45, 2.75) is 44.9 Å². The maximum atomic E-state index is 6.41. The van der Waals surface area contributed by atoms with E-state index in [1.165, 1.54) is 48.8 Å². The molecule has 8 rings (SSSR count). The summed E-state index contributed by atoms with van der Waals surface area (Å²) in [4.78, 5) is 0. The van der Waals surface area contributed by atoms with Crippen LogP contribution in [0.3, 0.4) is 0 Å². The van der Waals surface area contributed by atoms with Crippen LogP contribution in [0.2, 0.25) is 10.0 Å². The largest absolute Gasteiger partial charge is 0.0843 e. The molecule has 0 aromatic heterocycles. The number of hydrogen-bond donors (Lipinski definition) is 0. The van der Waals surface area contributed by atoms with Crippen LogP contribution >= 0.6 is 23.2 Å². The predicted molar refractivity (Wildman–Crippen MR) is 132 cm³/mol. The normalized spacial score (nSPS) is 31.4. The maximum Gasteiger partial charge on any atom is 0.0426 e. The number of hydrogen-bond acceptors (Lipinski definition) is 0. The van der Waals surface area contributed by atoms with Gasteiger partial charge in [0.25, 0.3) is 0 Å². The topological polar surface area (TPSA) is 0 Å². The van der Waals surface area contributed by atoms with Crippen molar-refractivity contribution < 1.29 is 0 Å². The molecule has 0 heterocycles. The lowest BCUT2D eigenvalue weighted by Crippen LogP contribution is -2.55. The number of halogens is 2. The number of fused-ring (bicyclic) bond motifs is 3. The molecule has 0 nitrogen and oxygen atoms in total. The van der Waals surface area contributed by atoms with Crippen LogP contribution in [0.25, 0.3) is 22.3 Å². The van der Waals surface area contributed by atoms with Crippen LogP contribution in [0, 0.1) is 23.7 Å². The van der Waals surface area contributed by atoms with E-state index in [0.29, 0.717) is 10.0 Å². The second kappa shape index (κ2) is 6.87. The van der Waals surface area contributed by atoms with Crippen molar-refractivity contribution in [1.29, 1.82) is 0 Å². The van der Waals surface area contributed by atoms with Gasteiger partial charge in [-0.25, -0.2) is 0 Å². The Bertz CT molecular complexity index is 1140. The van der Waals surface area contributed by atoms with E-state index in [9.17, 15) is 0 Å². The highest BCUT2D eigenvalue weighted by Crippen LogP contribution is 2.69. The Morgan fingerprint density at radius 1 is 0.645 bits per heavy atom. The third-order valence-electron chi connectivity index (χ3n) is 8.75. The van der Waals surface area contributed by atoms with Crippen LogP contribution in [0.4, 0.5) is 0 Å². The van der Waals surface area contributed by atoms with Gasteiger partial charge in [-0.05, 0) is 107 Å². The molecule has 31 heavy (non-hydrogen) atoms. The first kappa shape index (κ1) is 19.9. The third-order valence-corrected chi connectivity index (χ3v) is 9.19. The molecule has 0 radical (unpaired) electrons. The zero-order valence-corrected chi connectivity index (χ0v) is 18.4. The summed E-state index contributed by atoms with van der Waals surface area (Å²) in [5.41, 5.74) is 8.64. The summed E-state index contributed by atoms with van der Waals surface area (Å²) in [5, 5.41) is 1.40. The number of benzene rings is 3. The molecule has 0 amide bonds. The summed E-state index contributed by atoms with van der Waals surface area (Å²) in [7, 11) is 0. The molecule has 2 heteroatoms. The van der Waals surface area contributed by atoms with Crippen molar-refractivity contribution in [3.05, 3.63) is 81.8 Å². The van der Waals surface area contributed by atoms with Gasteiger partial charge >= 0.3 is 0 Å². The molecule has 3 aromatic carbocycles. The van der Waals surface area contributed by atoms with Crippen molar-refractivity contribution in [1.82, 2.24) is 0 Å². The highest BCUT2D eigenvalue weighted by Gasteiger charge is 2.61. The fourth-order valence-electron chi connectivity index (χ4n) is 8.15. The molecule has 4 fully saturated rings. The van der Waals surface area contributed by atoms with Gasteiger partial charge in [-0.2, -0.15) is 0 Å². The second-order valence-electron chi connectivity index (χ2n) is 10.1. The van der Waals surface area contributed by atoms with Gasteiger partial charge in [-0.3, -0.25) is 0 Å². The summed E-state index contributed by atoms with van der Waals surface area (Å²) in [6, 6.07) is 22.2. The van der Waals surface area contributed by atoms with Gasteiger partial charge in [0.2, 0.25) is 0 Å². The van der Waals surface area contributed by atoms with Gasteiger partial charge in [-0.15, -0.1) is 0 Å². The molecule has 0 saturated heterocycles. The van der Waals surface area contributed by atoms with Gasteiger partial charge in [0.1, 0.15) is 0 Å². The second-order valence-corrected chi connectivity index (χ2v) is 11.0. The smallest absolute Gasteiger partial charge is 0.0426 e. The first-order valence-electron chi connectivity index (χ1n) is 11.3. The zero-order valence-electron chi connectivity index (χ0n) is 16.9. The van der Waals surface area contributed by atoms with Gasteiger partial charge in [0.15, 0.2) is 0 Å². The lowest BCUT2D eigenvalue weighted by molar-refractivity contribution is -0.0399. The molecular formula is C29H28Cl2. The Kier molecular flexibility index (Phi) is 4.41. The van der Waals surface area contributed by atoms with Gasteiger partial charge in [-0.1, -0.05) is 73.1 Å². The van der Waals surface area contributed by atoms with E-state index in [1.54, 1.807) is 11.1 Å². The molecule has 5 aliphatic rings. The quantitative estimate of drug-likeness (QED) is 0.349. The Morgan fingerprint density at radius 3 is 1.90 bits per heavy atom. The summed E-state index contributed by atoms with van der Waals surface area (Å²) >= 11 is 12.8. The molecule has 5 aliphatic carbocycles. The molecule has 0 aliphatic heterocycles. The maximum absolute atomic E-state index is 6.41. The van der Waals surface area contributed by atoms with Crippen LogP contribution in [-0.2, 0) is 5.41 Å². The minimum absolute atomic E-state index is 0. The van der Waals surface area contributed by atoms with Crippen LogP contribution in [-0.4, -0.2) is 0 Å². The molecule has 1 spiro atoms. The average molecular weight is 447 g/mol. The third kappa shape index (κ3) is 2.55. The SMILES string of the molecule is C.Clc1cc(Cl)cc(-c2cccc3c2-c2ccccc2C32C3CC4CC(C3)CC2C4)c1. The summed E-state index contributed by atoms with van der Waals surface area (Å²) in [6.07, 6.45) is 7.13. The van der Waals surface area contributed by atoms with Crippen LogP contribution in [0.1, 0.15) is 50.7 Å². The Labute approximate surface area is 195 Å². The zero-order chi connectivity index (χ0) is 20.0. The number of rotatable bonds is 1. The van der Waals surface area contributed by atoms with Gasteiger partial charge in [0, 0.05) is 15.5 Å². The molecular weight excluding hydrogens is 419 g/mol. The van der Waals surface area contributed by atoms with E-state index in [-0.39, 0.29) is 12.8 Å². The van der Waals surface area contributed by atoms with Crippen LogP contribution in [0.5, 0.6) is 0 Å². The lowest BCUT2D eigenvalue weighted by atomic mass is 9.43. The van der Waals surface area contributed by atoms with Crippen LogP contribution < -0.4 is 0 Å². The molecule has 0 atom stereocenters. The first-order chi connectivity index (χ1) is 14.6.